The van der Waals surface area contributed by atoms with Gasteiger partial charge in [-0.15, -0.1) is 0 Å². The van der Waals surface area contributed by atoms with Gasteiger partial charge >= 0.3 is 6.03 Å². The molecule has 3 rings (SSSR count). The molecule has 1 N–H and O–H groups in total. The fourth-order valence-corrected chi connectivity index (χ4v) is 3.47. The molecule has 0 bridgehead atoms. The summed E-state index contributed by atoms with van der Waals surface area (Å²) in [6.45, 7) is 1.61. The molecular weight excluding hydrogens is 375 g/mol. The third-order valence-corrected chi connectivity index (χ3v) is 5.13. The van der Waals surface area contributed by atoms with E-state index >= 15 is 0 Å². The molecule has 0 aromatic heterocycles. The minimum absolute atomic E-state index is 0.360. The third kappa shape index (κ3) is 3.99. The van der Waals surface area contributed by atoms with Gasteiger partial charge < -0.3 is 10.1 Å². The molecule has 0 spiro atoms. The zero-order valence-corrected chi connectivity index (χ0v) is 16.4. The Hall–Kier alpha value is -3.22. The number of hydrogen-bond donors (Lipinski definition) is 1. The van der Waals surface area contributed by atoms with Crippen LogP contribution >= 0.6 is 0 Å². The lowest BCUT2D eigenvalue weighted by Gasteiger charge is -2.27. The summed E-state index contributed by atoms with van der Waals surface area (Å²) in [4.78, 5) is 39.5. The summed E-state index contributed by atoms with van der Waals surface area (Å²) >= 11 is 0. The van der Waals surface area contributed by atoms with Crippen LogP contribution in [0.4, 0.5) is 9.18 Å². The number of carbonyl (C=O) groups excluding carboxylic acids is 3. The van der Waals surface area contributed by atoms with E-state index < -0.39 is 23.3 Å². The van der Waals surface area contributed by atoms with E-state index in [0.717, 1.165) is 11.3 Å². The molecule has 1 heterocycles. The van der Waals surface area contributed by atoms with Crippen molar-refractivity contribution in [2.24, 2.45) is 0 Å². The Morgan fingerprint density at radius 2 is 1.76 bits per heavy atom. The maximum absolute atomic E-state index is 13.4. The summed E-state index contributed by atoms with van der Waals surface area (Å²) in [5, 5.41) is 2.76. The lowest BCUT2D eigenvalue weighted by molar-refractivity contribution is -0.131. The number of carbonyl (C=O) groups is 3. The molecule has 3 amide bonds. The maximum atomic E-state index is 13.4. The van der Waals surface area contributed by atoms with Crippen molar-refractivity contribution in [1.82, 2.24) is 10.2 Å². The van der Waals surface area contributed by atoms with Crippen molar-refractivity contribution in [2.45, 2.75) is 31.7 Å². The average Bonchev–Trinajstić information content (AvgIpc) is 2.97. The number of ether oxygens (including phenoxy) is 1. The topological polar surface area (TPSA) is 75.7 Å². The molecule has 6 nitrogen and oxygen atoms in total. The first-order valence-electron chi connectivity index (χ1n) is 9.48. The van der Waals surface area contributed by atoms with Crippen LogP contribution < -0.4 is 10.1 Å². The quantitative estimate of drug-likeness (QED) is 0.544. The Bertz CT molecular complexity index is 911. The Kier molecular flexibility index (Phi) is 5.96. The van der Waals surface area contributed by atoms with E-state index in [2.05, 4.69) is 5.32 Å². The van der Waals surface area contributed by atoms with Gasteiger partial charge in [0.05, 0.1) is 13.7 Å². The number of rotatable bonds is 8. The summed E-state index contributed by atoms with van der Waals surface area (Å²) in [6, 6.07) is 11.3. The van der Waals surface area contributed by atoms with Gasteiger partial charge in [-0.1, -0.05) is 31.9 Å². The van der Waals surface area contributed by atoms with Crippen LogP contribution in [0.1, 0.15) is 42.1 Å². The number of benzene rings is 2. The number of nitrogens with one attached hydrogen (secondary N) is 1. The van der Waals surface area contributed by atoms with Gasteiger partial charge in [-0.3, -0.25) is 14.5 Å². The second-order valence-electron chi connectivity index (χ2n) is 6.99. The van der Waals surface area contributed by atoms with Crippen LogP contribution in [0.3, 0.4) is 0 Å². The molecule has 1 aliphatic heterocycles. The predicted molar refractivity (Wildman–Crippen MR) is 105 cm³/mol. The first kappa shape index (κ1) is 20.5. The monoisotopic (exact) mass is 398 g/mol. The molecule has 7 heteroatoms. The number of amides is 3. The van der Waals surface area contributed by atoms with Crippen LogP contribution in [0.5, 0.6) is 5.75 Å². The normalized spacial score (nSPS) is 18.7. The highest BCUT2D eigenvalue weighted by atomic mass is 19.1. The number of methoxy groups -OCH3 is 1. The minimum atomic E-state index is -1.29. The number of hydrogen-bond acceptors (Lipinski definition) is 4. The van der Waals surface area contributed by atoms with Crippen LogP contribution in [-0.4, -0.2) is 36.3 Å². The van der Waals surface area contributed by atoms with Crippen molar-refractivity contribution >= 4 is 17.7 Å². The molecule has 1 fully saturated rings. The summed E-state index contributed by atoms with van der Waals surface area (Å²) in [5.74, 6) is -0.680. The van der Waals surface area contributed by atoms with Gasteiger partial charge in [-0.25, -0.2) is 9.18 Å². The van der Waals surface area contributed by atoms with E-state index in [4.69, 9.17) is 4.74 Å². The first-order valence-corrected chi connectivity index (χ1v) is 9.48. The van der Waals surface area contributed by atoms with Crippen LogP contribution in [-0.2, 0) is 10.3 Å². The average molecular weight is 398 g/mol. The van der Waals surface area contributed by atoms with Crippen molar-refractivity contribution in [1.29, 1.82) is 0 Å². The van der Waals surface area contributed by atoms with Gasteiger partial charge in [-0.05, 0) is 48.4 Å². The smallest absolute Gasteiger partial charge is 0.325 e. The predicted octanol–water partition coefficient (Wildman–Crippen LogP) is 3.65. The van der Waals surface area contributed by atoms with Crippen molar-refractivity contribution in [3.8, 4) is 5.75 Å². The molecule has 152 valence electrons. The van der Waals surface area contributed by atoms with E-state index in [-0.39, 0.29) is 12.3 Å². The SMILES string of the molecule is CCCCC1(c2ccc(F)cc2)NC(=O)N(CC(=O)c2ccc(OC)cc2)C1=O. The van der Waals surface area contributed by atoms with Crippen molar-refractivity contribution in [2.75, 3.05) is 13.7 Å². The molecule has 29 heavy (non-hydrogen) atoms. The van der Waals surface area contributed by atoms with E-state index in [0.29, 0.717) is 29.7 Å². The Balaban J connectivity index is 1.86. The van der Waals surface area contributed by atoms with Crippen molar-refractivity contribution in [3.05, 3.63) is 65.5 Å². The Labute approximate surface area is 168 Å². The van der Waals surface area contributed by atoms with Crippen LogP contribution in [0.25, 0.3) is 0 Å². The molecule has 2 aromatic carbocycles. The van der Waals surface area contributed by atoms with E-state index in [1.807, 2.05) is 6.92 Å². The van der Waals surface area contributed by atoms with Crippen LogP contribution in [0.15, 0.2) is 48.5 Å². The summed E-state index contributed by atoms with van der Waals surface area (Å²) in [7, 11) is 1.52. The van der Waals surface area contributed by atoms with Gasteiger partial charge in [-0.2, -0.15) is 0 Å². The number of Topliss-reactive ketones (excluding diaryl/α,β-unsaturated/α-hetero) is 1. The second kappa shape index (κ2) is 8.43. The fraction of sp³-hybridized carbons (Fsp3) is 0.318. The highest BCUT2D eigenvalue weighted by molar-refractivity contribution is 6.11. The van der Waals surface area contributed by atoms with Gasteiger partial charge in [0.2, 0.25) is 0 Å². The first-order chi connectivity index (χ1) is 13.9. The Morgan fingerprint density at radius 1 is 1.10 bits per heavy atom. The zero-order chi connectivity index (χ0) is 21.0. The van der Waals surface area contributed by atoms with Crippen LogP contribution in [0.2, 0.25) is 0 Å². The lowest BCUT2D eigenvalue weighted by Crippen LogP contribution is -2.44. The van der Waals surface area contributed by atoms with Gasteiger partial charge in [0.25, 0.3) is 5.91 Å². The summed E-state index contributed by atoms with van der Waals surface area (Å²) < 4.78 is 18.5. The summed E-state index contributed by atoms with van der Waals surface area (Å²) in [6.07, 6.45) is 1.87. The van der Waals surface area contributed by atoms with Gasteiger partial charge in [0, 0.05) is 5.56 Å². The van der Waals surface area contributed by atoms with Gasteiger partial charge in [0.1, 0.15) is 17.1 Å². The van der Waals surface area contributed by atoms with Crippen LogP contribution in [0, 0.1) is 5.82 Å². The number of urea groups is 1. The molecule has 1 aliphatic rings. The number of unbranched alkanes of at least 4 members (excludes halogenated alkanes) is 1. The lowest BCUT2D eigenvalue weighted by atomic mass is 9.84. The standard InChI is InChI=1S/C22H23FN2O4/c1-3-4-13-22(16-7-9-17(23)10-8-16)20(27)25(21(28)24-22)14-19(26)15-5-11-18(29-2)12-6-15/h5-12H,3-4,13-14H2,1-2H3,(H,24,28). The highest BCUT2D eigenvalue weighted by Crippen LogP contribution is 2.34. The largest absolute Gasteiger partial charge is 0.497 e. The zero-order valence-electron chi connectivity index (χ0n) is 16.4. The van der Waals surface area contributed by atoms with Gasteiger partial charge in [0.15, 0.2) is 5.78 Å². The maximum Gasteiger partial charge on any atom is 0.325 e. The van der Waals surface area contributed by atoms with E-state index in [1.54, 1.807) is 24.3 Å². The summed E-state index contributed by atoms with van der Waals surface area (Å²) in [5.41, 5.74) is -0.412. The second-order valence-corrected chi connectivity index (χ2v) is 6.99. The minimum Gasteiger partial charge on any atom is -0.497 e. The third-order valence-electron chi connectivity index (χ3n) is 5.13. The number of halogens is 1. The molecule has 0 radical (unpaired) electrons. The fourth-order valence-electron chi connectivity index (χ4n) is 3.47. The van der Waals surface area contributed by atoms with Crippen molar-refractivity contribution < 1.29 is 23.5 Å². The Morgan fingerprint density at radius 3 is 2.34 bits per heavy atom. The van der Waals surface area contributed by atoms with E-state index in [1.165, 1.54) is 31.4 Å². The molecule has 1 saturated heterocycles. The molecule has 0 saturated carbocycles. The molecule has 0 aliphatic carbocycles. The van der Waals surface area contributed by atoms with E-state index in [9.17, 15) is 18.8 Å². The molecular formula is C22H23FN2O4. The molecule has 1 unspecified atom stereocenters. The number of imide groups is 1. The molecule has 1 atom stereocenters. The number of ketones is 1. The highest BCUT2D eigenvalue weighted by Gasteiger charge is 2.52. The number of nitrogens with zero attached hydrogens (tertiary/aromatic N) is 1. The van der Waals surface area contributed by atoms with Crippen molar-refractivity contribution in [3.63, 3.8) is 0 Å². The molecule has 2 aromatic rings.